The Hall–Kier alpha value is -10.5. The maximum atomic E-state index is 13.8. The quantitative estimate of drug-likeness (QED) is 0.0825. The van der Waals surface area contributed by atoms with E-state index in [-0.39, 0.29) is 5.82 Å². The van der Waals surface area contributed by atoms with Gasteiger partial charge in [0.25, 0.3) is 0 Å². The average molecular weight is 1360 g/mol. The normalized spacial score (nSPS) is 14.0. The van der Waals surface area contributed by atoms with Crippen LogP contribution >= 0.6 is 34.2 Å². The minimum atomic E-state index is -0.274. The summed E-state index contributed by atoms with van der Waals surface area (Å²) >= 11 is 8.56. The second-order valence-corrected chi connectivity index (χ2v) is 23.1. The lowest BCUT2D eigenvalue weighted by Crippen LogP contribution is -2.46. The van der Waals surface area contributed by atoms with Crippen LogP contribution in [-0.4, -0.2) is 144 Å². The summed E-state index contributed by atoms with van der Waals surface area (Å²) in [4.78, 5) is 38.4. The van der Waals surface area contributed by atoms with E-state index in [2.05, 4.69) is 161 Å². The number of allylic oxidation sites excluding steroid dienone is 4. The first-order chi connectivity index (χ1) is 45.5. The summed E-state index contributed by atoms with van der Waals surface area (Å²) in [6.45, 7) is 37.1. The lowest BCUT2D eigenvalue weighted by molar-refractivity contribution is 0.332. The molecule has 13 nitrogen and oxygen atoms in total. The lowest BCUT2D eigenvalue weighted by atomic mass is 10.2. The van der Waals surface area contributed by atoms with Crippen LogP contribution in [0.1, 0.15) is 22.3 Å². The van der Waals surface area contributed by atoms with Crippen molar-refractivity contribution in [3.05, 3.63) is 292 Å². The molecule has 12 rings (SSSR count). The summed E-state index contributed by atoms with van der Waals surface area (Å²) in [5.41, 5.74) is 8.00. The van der Waals surface area contributed by atoms with Crippen molar-refractivity contribution >= 4 is 63.2 Å². The second-order valence-electron chi connectivity index (χ2n) is 21.5. The Bertz CT molecular complexity index is 3800. The predicted octanol–water partition coefficient (Wildman–Crippen LogP) is 13.0. The fraction of sp³-hybridized carbons (Fsp3) is 0.208. The van der Waals surface area contributed by atoms with Crippen LogP contribution in [0.2, 0.25) is 5.02 Å². The summed E-state index contributed by atoms with van der Waals surface area (Å²) in [6, 6.07) is 54.2. The molecule has 4 saturated heterocycles. The minimum Gasteiger partial charge on any atom is -0.362 e. The largest absolute Gasteiger partial charge is 0.362 e. The SMILES string of the molecule is C=C(C#Cc1ccccc1)N1CCN(c2ncccc2Cl)CC1.C=C(C#Cc1ccccc1)N1CCN(c2ncccc2F)CC1.C=C(C#Cc1ccccc1)N1CCN(c2ncccc2I)CC1.[C-]#[N+]c1cccnc1N1CCN(C(=C)C#Cc2ccccc2)CC1. The van der Waals surface area contributed by atoms with E-state index in [1.807, 2.05) is 157 Å². The van der Waals surface area contributed by atoms with Crippen molar-refractivity contribution in [2.24, 2.45) is 0 Å². The molecule has 0 saturated carbocycles. The zero-order chi connectivity index (χ0) is 65.0. The van der Waals surface area contributed by atoms with E-state index in [4.69, 9.17) is 18.2 Å². The van der Waals surface area contributed by atoms with Crippen LogP contribution in [0.15, 0.2) is 244 Å². The lowest BCUT2D eigenvalue weighted by Gasteiger charge is -2.36. The molecule has 0 spiro atoms. The molecule has 4 aromatic heterocycles. The first-order valence-corrected chi connectivity index (χ1v) is 32.1. The molecular weight excluding hydrogens is 1290 g/mol. The molecule has 0 radical (unpaired) electrons. The molecular formula is C77H72ClFIN13. The van der Waals surface area contributed by atoms with Crippen molar-refractivity contribution in [2.75, 3.05) is 124 Å². The molecule has 8 aromatic rings. The summed E-state index contributed by atoms with van der Waals surface area (Å²) < 4.78 is 15.0. The Labute approximate surface area is 566 Å². The van der Waals surface area contributed by atoms with Crippen molar-refractivity contribution in [3.8, 4) is 47.4 Å². The average Bonchev–Trinajstić information content (AvgIpc) is 1.49. The number of pyridine rings is 4. The van der Waals surface area contributed by atoms with Gasteiger partial charge in [0.2, 0.25) is 5.69 Å². The van der Waals surface area contributed by atoms with Crippen molar-refractivity contribution in [1.82, 2.24) is 39.5 Å². The Balaban J connectivity index is 0.000000146. The first-order valence-electron chi connectivity index (χ1n) is 30.7. The van der Waals surface area contributed by atoms with Gasteiger partial charge < -0.3 is 39.2 Å². The summed E-state index contributed by atoms with van der Waals surface area (Å²) in [7, 11) is 0. The van der Waals surface area contributed by atoms with Crippen molar-refractivity contribution in [2.45, 2.75) is 0 Å². The maximum Gasteiger partial charge on any atom is 0.228 e. The molecule has 0 bridgehead atoms. The zero-order valence-electron chi connectivity index (χ0n) is 52.1. The number of halogens is 3. The number of benzene rings is 4. The monoisotopic (exact) mass is 1360 g/mol. The fourth-order valence-corrected chi connectivity index (χ4v) is 11.2. The van der Waals surface area contributed by atoms with Crippen LogP contribution in [-0.2, 0) is 0 Å². The van der Waals surface area contributed by atoms with E-state index >= 15 is 0 Å². The Morgan fingerprint density at radius 1 is 0.376 bits per heavy atom. The molecule has 0 atom stereocenters. The third-order valence-electron chi connectivity index (χ3n) is 15.4. The predicted molar refractivity (Wildman–Crippen MR) is 386 cm³/mol. The first kappa shape index (κ1) is 66.9. The van der Waals surface area contributed by atoms with Gasteiger partial charge in [-0.1, -0.05) is 147 Å². The number of piperazine rings is 4. The minimum absolute atomic E-state index is 0.274. The Morgan fingerprint density at radius 3 is 1.01 bits per heavy atom. The molecule has 93 heavy (non-hydrogen) atoms. The van der Waals surface area contributed by atoms with Gasteiger partial charge in [-0.05, 0) is 131 Å². The molecule has 0 amide bonds. The van der Waals surface area contributed by atoms with Gasteiger partial charge in [-0.15, -0.1) is 0 Å². The van der Waals surface area contributed by atoms with Gasteiger partial charge in [0.15, 0.2) is 11.6 Å². The Kier molecular flexibility index (Phi) is 25.3. The molecule has 0 aliphatic carbocycles. The van der Waals surface area contributed by atoms with E-state index in [1.54, 1.807) is 30.7 Å². The van der Waals surface area contributed by atoms with Crippen LogP contribution in [0.3, 0.4) is 0 Å². The van der Waals surface area contributed by atoms with E-state index in [0.29, 0.717) is 29.6 Å². The van der Waals surface area contributed by atoms with E-state index in [1.165, 1.54) is 9.64 Å². The molecule has 0 N–H and O–H groups in total. The molecule has 0 unspecified atom stereocenters. The van der Waals surface area contributed by atoms with Gasteiger partial charge in [0, 0.05) is 152 Å². The smallest absolute Gasteiger partial charge is 0.228 e. The standard InChI is InChI=1S/C20H18N4.C19H18ClN3.C19H18FN3.C19H18IN3/c1-17(10-11-18-7-4-3-5-8-18)23-13-15-24(16-14-23)20-19(21-2)9-6-12-22-20;3*1-16(9-10-17-6-3-2-4-7-17)22-12-14-23(15-13-22)19-18(20)8-5-11-21-19/h3-9,12H,1,13-16H2;3*2-8,11H,1,12-15H2. The van der Waals surface area contributed by atoms with Crippen LogP contribution < -0.4 is 19.6 Å². The highest BCUT2D eigenvalue weighted by Crippen LogP contribution is 2.28. The number of rotatable bonds is 8. The Morgan fingerprint density at radius 2 is 0.667 bits per heavy atom. The van der Waals surface area contributed by atoms with Gasteiger partial charge in [0.05, 0.1) is 38.0 Å². The topological polar surface area (TPSA) is 81.8 Å². The third kappa shape index (κ3) is 20.3. The highest BCUT2D eigenvalue weighted by Gasteiger charge is 2.24. The van der Waals surface area contributed by atoms with Gasteiger partial charge in [-0.2, -0.15) is 0 Å². The highest BCUT2D eigenvalue weighted by atomic mass is 127. The van der Waals surface area contributed by atoms with Crippen LogP contribution in [0.25, 0.3) is 4.85 Å². The maximum absolute atomic E-state index is 13.8. The molecule has 4 aliphatic heterocycles. The molecule has 4 fully saturated rings. The van der Waals surface area contributed by atoms with E-state index in [9.17, 15) is 4.39 Å². The molecule has 4 aliphatic rings. The molecule has 8 heterocycles. The van der Waals surface area contributed by atoms with Gasteiger partial charge in [-0.25, -0.2) is 24.2 Å². The van der Waals surface area contributed by atoms with Gasteiger partial charge >= 0.3 is 0 Å². The summed E-state index contributed by atoms with van der Waals surface area (Å²) in [6.07, 6.45) is 6.99. The number of hydrogen-bond acceptors (Lipinski definition) is 12. The van der Waals surface area contributed by atoms with Gasteiger partial charge in [-0.3, -0.25) is 4.98 Å². The van der Waals surface area contributed by atoms with Crippen molar-refractivity contribution in [3.63, 3.8) is 0 Å². The number of hydrogen-bond donors (Lipinski definition) is 0. The fourth-order valence-electron chi connectivity index (χ4n) is 10.3. The zero-order valence-corrected chi connectivity index (χ0v) is 55.0. The molecule has 466 valence electrons. The van der Waals surface area contributed by atoms with Crippen LogP contribution in [0.4, 0.5) is 33.3 Å². The number of anilines is 4. The van der Waals surface area contributed by atoms with Crippen molar-refractivity contribution in [1.29, 1.82) is 0 Å². The summed E-state index contributed by atoms with van der Waals surface area (Å²) in [5, 5.41) is 0.698. The molecule has 16 heteroatoms. The molecule has 4 aromatic carbocycles. The van der Waals surface area contributed by atoms with Gasteiger partial charge in [0.1, 0.15) is 17.5 Å². The van der Waals surface area contributed by atoms with E-state index in [0.717, 1.165) is 154 Å². The highest BCUT2D eigenvalue weighted by molar-refractivity contribution is 14.1. The number of aromatic nitrogens is 4. The third-order valence-corrected chi connectivity index (χ3v) is 16.6. The number of nitrogens with zero attached hydrogens (tertiary/aromatic N) is 13. The van der Waals surface area contributed by atoms with Crippen LogP contribution in [0, 0.1) is 63.3 Å². The van der Waals surface area contributed by atoms with Crippen LogP contribution in [0.5, 0.6) is 0 Å². The van der Waals surface area contributed by atoms with E-state index < -0.39 is 0 Å². The summed E-state index contributed by atoms with van der Waals surface area (Å²) in [5.74, 6) is 28.0. The van der Waals surface area contributed by atoms with Crippen molar-refractivity contribution < 1.29 is 4.39 Å². The second kappa shape index (κ2) is 35.2.